The summed E-state index contributed by atoms with van der Waals surface area (Å²) < 4.78 is 4.82. The molecule has 0 unspecified atom stereocenters. The molecule has 5 heteroatoms. The van der Waals surface area contributed by atoms with E-state index in [4.69, 9.17) is 4.42 Å². The fourth-order valence-corrected chi connectivity index (χ4v) is 1.95. The third-order valence-electron chi connectivity index (χ3n) is 3.08. The zero-order chi connectivity index (χ0) is 15.2. The highest BCUT2D eigenvalue weighted by atomic mass is 16.3. The molecule has 2 rings (SSSR count). The van der Waals surface area contributed by atoms with Crippen LogP contribution in [0.25, 0.3) is 0 Å². The molecule has 2 amide bonds. The van der Waals surface area contributed by atoms with Crippen molar-refractivity contribution < 1.29 is 14.0 Å². The summed E-state index contributed by atoms with van der Waals surface area (Å²) in [5, 5.41) is 5.50. The van der Waals surface area contributed by atoms with Crippen LogP contribution in [0, 0.1) is 13.8 Å². The lowest BCUT2D eigenvalue weighted by molar-refractivity contribution is -0.116. The van der Waals surface area contributed by atoms with E-state index in [0.29, 0.717) is 5.56 Å². The first kappa shape index (κ1) is 14.8. The zero-order valence-electron chi connectivity index (χ0n) is 12.1. The highest BCUT2D eigenvalue weighted by Crippen LogP contribution is 2.16. The van der Waals surface area contributed by atoms with Gasteiger partial charge in [-0.3, -0.25) is 9.59 Å². The van der Waals surface area contributed by atoms with Crippen molar-refractivity contribution >= 4 is 17.5 Å². The number of benzene rings is 1. The summed E-state index contributed by atoms with van der Waals surface area (Å²) in [7, 11) is 0. The summed E-state index contributed by atoms with van der Waals surface area (Å²) in [4.78, 5) is 23.5. The molecule has 0 aliphatic heterocycles. The topological polar surface area (TPSA) is 71.3 Å². The van der Waals surface area contributed by atoms with Gasteiger partial charge >= 0.3 is 0 Å². The highest BCUT2D eigenvalue weighted by molar-refractivity contribution is 5.95. The number of nitrogens with one attached hydrogen (secondary N) is 2. The minimum atomic E-state index is -0.247. The van der Waals surface area contributed by atoms with Gasteiger partial charge in [0.1, 0.15) is 6.26 Å². The smallest absolute Gasteiger partial charge is 0.254 e. The molecule has 0 aliphatic carbocycles. The van der Waals surface area contributed by atoms with Crippen LogP contribution in [-0.4, -0.2) is 18.4 Å². The average molecular weight is 286 g/mol. The Kier molecular flexibility index (Phi) is 4.77. The van der Waals surface area contributed by atoms with Gasteiger partial charge in [-0.05, 0) is 31.5 Å². The molecule has 0 atom stereocenters. The first-order chi connectivity index (χ1) is 10.1. The van der Waals surface area contributed by atoms with Gasteiger partial charge < -0.3 is 15.1 Å². The minimum Gasteiger partial charge on any atom is -0.472 e. The van der Waals surface area contributed by atoms with E-state index in [1.54, 1.807) is 6.07 Å². The lowest BCUT2D eigenvalue weighted by Crippen LogP contribution is -2.27. The van der Waals surface area contributed by atoms with Crippen LogP contribution in [0.15, 0.2) is 41.2 Å². The van der Waals surface area contributed by atoms with E-state index in [2.05, 4.69) is 10.6 Å². The summed E-state index contributed by atoms with van der Waals surface area (Å²) >= 11 is 0. The molecule has 1 heterocycles. The molecule has 0 bridgehead atoms. The first-order valence-corrected chi connectivity index (χ1v) is 6.74. The van der Waals surface area contributed by atoms with Crippen molar-refractivity contribution in [1.82, 2.24) is 5.32 Å². The predicted molar refractivity (Wildman–Crippen MR) is 80.2 cm³/mol. The Morgan fingerprint density at radius 2 is 2.00 bits per heavy atom. The van der Waals surface area contributed by atoms with Gasteiger partial charge in [0.2, 0.25) is 5.91 Å². The number of furan rings is 1. The van der Waals surface area contributed by atoms with Gasteiger partial charge in [0.25, 0.3) is 5.91 Å². The van der Waals surface area contributed by atoms with Crippen molar-refractivity contribution in [1.29, 1.82) is 0 Å². The number of hydrogen-bond acceptors (Lipinski definition) is 3. The standard InChI is InChI=1S/C16H18N2O3/c1-11-3-4-14(12(2)9-11)18-15(19)5-7-17-16(20)13-6-8-21-10-13/h3-4,6,8-10H,5,7H2,1-2H3,(H,17,20)(H,18,19). The molecule has 0 saturated heterocycles. The van der Waals surface area contributed by atoms with Gasteiger partial charge in [0.05, 0.1) is 11.8 Å². The van der Waals surface area contributed by atoms with Gasteiger partial charge in [-0.2, -0.15) is 0 Å². The summed E-state index contributed by atoms with van der Waals surface area (Å²) in [5.41, 5.74) is 3.42. The summed E-state index contributed by atoms with van der Waals surface area (Å²) in [5.74, 6) is -0.377. The molecule has 110 valence electrons. The maximum absolute atomic E-state index is 11.8. The van der Waals surface area contributed by atoms with Crippen molar-refractivity contribution in [2.45, 2.75) is 20.3 Å². The van der Waals surface area contributed by atoms with Gasteiger partial charge in [-0.15, -0.1) is 0 Å². The van der Waals surface area contributed by atoms with Crippen molar-refractivity contribution in [3.63, 3.8) is 0 Å². The Morgan fingerprint density at radius 1 is 1.19 bits per heavy atom. The monoisotopic (exact) mass is 286 g/mol. The van der Waals surface area contributed by atoms with Gasteiger partial charge in [0, 0.05) is 18.7 Å². The van der Waals surface area contributed by atoms with Gasteiger partial charge in [-0.1, -0.05) is 17.7 Å². The van der Waals surface area contributed by atoms with Crippen LogP contribution in [-0.2, 0) is 4.79 Å². The third kappa shape index (κ3) is 4.21. The van der Waals surface area contributed by atoms with Crippen molar-refractivity contribution in [2.75, 3.05) is 11.9 Å². The SMILES string of the molecule is Cc1ccc(NC(=O)CCNC(=O)c2ccoc2)c(C)c1. The second-order valence-corrected chi connectivity index (χ2v) is 4.88. The quantitative estimate of drug-likeness (QED) is 0.887. The predicted octanol–water partition coefficient (Wildman–Crippen LogP) is 2.66. The number of hydrogen-bond donors (Lipinski definition) is 2. The Labute approximate surface area is 123 Å². The number of carbonyl (C=O) groups is 2. The van der Waals surface area contributed by atoms with Crippen LogP contribution in [0.3, 0.4) is 0 Å². The lowest BCUT2D eigenvalue weighted by Gasteiger charge is -2.09. The Hall–Kier alpha value is -2.56. The lowest BCUT2D eigenvalue weighted by atomic mass is 10.1. The van der Waals surface area contributed by atoms with Gasteiger partial charge in [-0.25, -0.2) is 0 Å². The summed E-state index contributed by atoms with van der Waals surface area (Å²) in [6, 6.07) is 7.41. The van der Waals surface area contributed by atoms with Crippen molar-refractivity contribution in [3.8, 4) is 0 Å². The molecule has 5 nitrogen and oxygen atoms in total. The number of rotatable bonds is 5. The van der Waals surface area contributed by atoms with E-state index in [1.165, 1.54) is 12.5 Å². The summed E-state index contributed by atoms with van der Waals surface area (Å²) in [6.45, 7) is 4.23. The summed E-state index contributed by atoms with van der Waals surface area (Å²) in [6.07, 6.45) is 3.02. The molecule has 21 heavy (non-hydrogen) atoms. The van der Waals surface area contributed by atoms with Crippen LogP contribution < -0.4 is 10.6 Å². The Balaban J connectivity index is 1.78. The van der Waals surface area contributed by atoms with Crippen molar-refractivity contribution in [2.24, 2.45) is 0 Å². The van der Waals surface area contributed by atoms with Crippen molar-refractivity contribution in [3.05, 3.63) is 53.5 Å². The second kappa shape index (κ2) is 6.74. The van der Waals surface area contributed by atoms with Crippen LogP contribution in [0.1, 0.15) is 27.9 Å². The molecule has 0 spiro atoms. The maximum Gasteiger partial charge on any atom is 0.254 e. The highest BCUT2D eigenvalue weighted by Gasteiger charge is 2.08. The Morgan fingerprint density at radius 3 is 2.67 bits per heavy atom. The number of aryl methyl sites for hydroxylation is 2. The molecular weight excluding hydrogens is 268 g/mol. The van der Waals surface area contributed by atoms with E-state index in [0.717, 1.165) is 16.8 Å². The average Bonchev–Trinajstić information content (AvgIpc) is 2.96. The molecule has 1 aromatic heterocycles. The first-order valence-electron chi connectivity index (χ1n) is 6.74. The van der Waals surface area contributed by atoms with E-state index in [-0.39, 0.29) is 24.8 Å². The fraction of sp³-hybridized carbons (Fsp3) is 0.250. The molecular formula is C16H18N2O3. The molecule has 2 N–H and O–H groups in total. The van der Waals surface area contributed by atoms with E-state index < -0.39 is 0 Å². The van der Waals surface area contributed by atoms with Crippen LogP contribution in [0.5, 0.6) is 0 Å². The number of carbonyl (C=O) groups excluding carboxylic acids is 2. The number of amides is 2. The largest absolute Gasteiger partial charge is 0.472 e. The molecule has 2 aromatic rings. The normalized spacial score (nSPS) is 10.2. The van der Waals surface area contributed by atoms with Crippen LogP contribution in [0.2, 0.25) is 0 Å². The molecule has 1 aromatic carbocycles. The van der Waals surface area contributed by atoms with E-state index in [1.807, 2.05) is 32.0 Å². The minimum absolute atomic E-state index is 0.130. The number of anilines is 1. The molecule has 0 aliphatic rings. The fourth-order valence-electron chi connectivity index (χ4n) is 1.95. The van der Waals surface area contributed by atoms with E-state index in [9.17, 15) is 9.59 Å². The van der Waals surface area contributed by atoms with E-state index >= 15 is 0 Å². The maximum atomic E-state index is 11.8. The van der Waals surface area contributed by atoms with Crippen LogP contribution >= 0.6 is 0 Å². The van der Waals surface area contributed by atoms with Crippen LogP contribution in [0.4, 0.5) is 5.69 Å². The molecule has 0 radical (unpaired) electrons. The molecule has 0 saturated carbocycles. The zero-order valence-corrected chi connectivity index (χ0v) is 12.1. The second-order valence-electron chi connectivity index (χ2n) is 4.88. The molecule has 0 fully saturated rings. The third-order valence-corrected chi connectivity index (χ3v) is 3.08. The van der Waals surface area contributed by atoms with Gasteiger partial charge in [0.15, 0.2) is 0 Å². The Bertz CT molecular complexity index is 633.